The zero-order chi connectivity index (χ0) is 12.1. The van der Waals surface area contributed by atoms with Gasteiger partial charge in [0.2, 0.25) is 0 Å². The Bertz CT molecular complexity index is 128. The molecule has 0 aromatic heterocycles. The predicted molar refractivity (Wildman–Crippen MR) is 72.0 cm³/mol. The number of ether oxygens (including phenoxy) is 1. The molecule has 2 heteroatoms. The van der Waals surface area contributed by atoms with Crippen molar-refractivity contribution in [3.63, 3.8) is 0 Å². The van der Waals surface area contributed by atoms with Crippen molar-refractivity contribution in [3.8, 4) is 0 Å². The number of unbranched alkanes of at least 4 members (excludes halogenated alkanes) is 6. The summed E-state index contributed by atoms with van der Waals surface area (Å²) in [7, 11) is 1.77. The molecule has 0 spiro atoms. The maximum atomic E-state index is 5.05. The molecule has 0 aliphatic heterocycles. The summed E-state index contributed by atoms with van der Waals surface area (Å²) in [5.41, 5.74) is 0. The maximum absolute atomic E-state index is 5.05. The molecule has 2 nitrogen and oxygen atoms in total. The van der Waals surface area contributed by atoms with E-state index in [9.17, 15) is 0 Å². The number of rotatable bonds is 12. The van der Waals surface area contributed by atoms with Gasteiger partial charge in [0.15, 0.2) is 0 Å². The van der Waals surface area contributed by atoms with Gasteiger partial charge in [-0.3, -0.25) is 0 Å². The minimum Gasteiger partial charge on any atom is -0.385 e. The summed E-state index contributed by atoms with van der Waals surface area (Å²) in [6.07, 6.45) is 10.8. The minimum atomic E-state index is 0.597. The molecule has 0 aliphatic rings. The van der Waals surface area contributed by atoms with Crippen molar-refractivity contribution < 1.29 is 4.74 Å². The Morgan fingerprint density at radius 2 is 1.62 bits per heavy atom. The standard InChI is InChI=1S/C14H31NO/c1-4-5-6-7-8-9-10-12-15-14(2)11-13-16-3/h14-15H,4-13H2,1-3H3. The van der Waals surface area contributed by atoms with Crippen LogP contribution in [0.4, 0.5) is 0 Å². The van der Waals surface area contributed by atoms with Crippen molar-refractivity contribution in [2.24, 2.45) is 0 Å². The van der Waals surface area contributed by atoms with Gasteiger partial charge >= 0.3 is 0 Å². The fourth-order valence-electron chi connectivity index (χ4n) is 1.83. The molecular weight excluding hydrogens is 198 g/mol. The SMILES string of the molecule is CCCCCCCCCNC(C)CCOC. The van der Waals surface area contributed by atoms with Gasteiger partial charge in [0, 0.05) is 19.8 Å². The van der Waals surface area contributed by atoms with E-state index in [0.29, 0.717) is 6.04 Å². The Morgan fingerprint density at radius 1 is 1.00 bits per heavy atom. The first-order valence-electron chi connectivity index (χ1n) is 7.03. The first-order chi connectivity index (χ1) is 7.81. The quantitative estimate of drug-likeness (QED) is 0.515. The summed E-state index contributed by atoms with van der Waals surface area (Å²) in [5.74, 6) is 0. The molecular formula is C14H31NO. The van der Waals surface area contributed by atoms with E-state index in [2.05, 4.69) is 19.2 Å². The summed E-state index contributed by atoms with van der Waals surface area (Å²) < 4.78 is 5.05. The number of hydrogen-bond acceptors (Lipinski definition) is 2. The lowest BCUT2D eigenvalue weighted by Crippen LogP contribution is -2.28. The smallest absolute Gasteiger partial charge is 0.0476 e. The molecule has 98 valence electrons. The van der Waals surface area contributed by atoms with Crippen LogP contribution in [-0.2, 0) is 4.74 Å². The van der Waals surface area contributed by atoms with E-state index in [1.165, 1.54) is 51.5 Å². The summed E-state index contributed by atoms with van der Waals surface area (Å²) in [6, 6.07) is 0.597. The topological polar surface area (TPSA) is 21.3 Å². The molecule has 0 aliphatic carbocycles. The zero-order valence-electron chi connectivity index (χ0n) is 11.6. The van der Waals surface area contributed by atoms with E-state index < -0.39 is 0 Å². The van der Waals surface area contributed by atoms with Gasteiger partial charge in [0.25, 0.3) is 0 Å². The Kier molecular flexibility index (Phi) is 12.9. The van der Waals surface area contributed by atoms with Crippen LogP contribution in [0.2, 0.25) is 0 Å². The molecule has 1 unspecified atom stereocenters. The van der Waals surface area contributed by atoms with Crippen molar-refractivity contribution in [1.82, 2.24) is 5.32 Å². The second kappa shape index (κ2) is 13.0. The average Bonchev–Trinajstić information content (AvgIpc) is 2.30. The number of methoxy groups -OCH3 is 1. The summed E-state index contributed by atoms with van der Waals surface area (Å²) in [6.45, 7) is 6.54. The van der Waals surface area contributed by atoms with Crippen molar-refractivity contribution in [2.75, 3.05) is 20.3 Å². The third kappa shape index (κ3) is 12.0. The van der Waals surface area contributed by atoms with Gasteiger partial charge in [-0.15, -0.1) is 0 Å². The van der Waals surface area contributed by atoms with E-state index in [0.717, 1.165) is 13.0 Å². The third-order valence-electron chi connectivity index (χ3n) is 3.03. The number of hydrogen-bond donors (Lipinski definition) is 1. The van der Waals surface area contributed by atoms with E-state index in [-0.39, 0.29) is 0 Å². The molecule has 0 aromatic rings. The molecule has 0 aromatic carbocycles. The highest BCUT2D eigenvalue weighted by Gasteiger charge is 1.99. The van der Waals surface area contributed by atoms with Crippen LogP contribution in [0.5, 0.6) is 0 Å². The maximum Gasteiger partial charge on any atom is 0.0476 e. The van der Waals surface area contributed by atoms with E-state index in [1.54, 1.807) is 7.11 Å². The summed E-state index contributed by atoms with van der Waals surface area (Å²) in [4.78, 5) is 0. The van der Waals surface area contributed by atoms with Crippen molar-refractivity contribution in [2.45, 2.75) is 71.3 Å². The molecule has 0 fully saturated rings. The molecule has 1 N–H and O–H groups in total. The average molecular weight is 229 g/mol. The lowest BCUT2D eigenvalue weighted by molar-refractivity contribution is 0.185. The molecule has 0 saturated heterocycles. The molecule has 0 heterocycles. The van der Waals surface area contributed by atoms with Gasteiger partial charge in [0.1, 0.15) is 0 Å². The molecule has 0 amide bonds. The molecule has 0 radical (unpaired) electrons. The van der Waals surface area contributed by atoms with Gasteiger partial charge in [-0.2, -0.15) is 0 Å². The Hall–Kier alpha value is -0.0800. The Balaban J connectivity index is 3.02. The second-order valence-electron chi connectivity index (χ2n) is 4.76. The molecule has 0 saturated carbocycles. The van der Waals surface area contributed by atoms with Gasteiger partial charge < -0.3 is 10.1 Å². The minimum absolute atomic E-state index is 0.597. The van der Waals surface area contributed by atoms with Crippen LogP contribution >= 0.6 is 0 Å². The third-order valence-corrected chi connectivity index (χ3v) is 3.03. The van der Waals surface area contributed by atoms with Crippen LogP contribution in [0.25, 0.3) is 0 Å². The molecule has 1 atom stereocenters. The summed E-state index contributed by atoms with van der Waals surface area (Å²) >= 11 is 0. The van der Waals surface area contributed by atoms with E-state index >= 15 is 0 Å². The van der Waals surface area contributed by atoms with Crippen LogP contribution in [0, 0.1) is 0 Å². The first kappa shape index (κ1) is 15.9. The van der Waals surface area contributed by atoms with Crippen molar-refractivity contribution in [1.29, 1.82) is 0 Å². The van der Waals surface area contributed by atoms with E-state index in [1.807, 2.05) is 0 Å². The van der Waals surface area contributed by atoms with Crippen LogP contribution in [0.1, 0.15) is 65.2 Å². The largest absolute Gasteiger partial charge is 0.385 e. The number of nitrogens with one attached hydrogen (secondary N) is 1. The summed E-state index contributed by atoms with van der Waals surface area (Å²) in [5, 5.41) is 3.54. The fraction of sp³-hybridized carbons (Fsp3) is 1.00. The van der Waals surface area contributed by atoms with Crippen LogP contribution in [-0.4, -0.2) is 26.3 Å². The highest BCUT2D eigenvalue weighted by atomic mass is 16.5. The monoisotopic (exact) mass is 229 g/mol. The zero-order valence-corrected chi connectivity index (χ0v) is 11.6. The highest BCUT2D eigenvalue weighted by Crippen LogP contribution is 2.06. The molecule has 0 rings (SSSR count). The Morgan fingerprint density at radius 3 is 2.25 bits per heavy atom. The van der Waals surface area contributed by atoms with E-state index in [4.69, 9.17) is 4.74 Å². The predicted octanol–water partition coefficient (Wildman–Crippen LogP) is 3.75. The second-order valence-corrected chi connectivity index (χ2v) is 4.76. The Labute approximate surface area is 102 Å². The van der Waals surface area contributed by atoms with Gasteiger partial charge in [-0.1, -0.05) is 45.4 Å². The lowest BCUT2D eigenvalue weighted by atomic mass is 10.1. The van der Waals surface area contributed by atoms with Crippen LogP contribution in [0.15, 0.2) is 0 Å². The molecule has 0 bridgehead atoms. The van der Waals surface area contributed by atoms with Gasteiger partial charge in [0.05, 0.1) is 0 Å². The fourth-order valence-corrected chi connectivity index (χ4v) is 1.83. The van der Waals surface area contributed by atoms with Crippen LogP contribution < -0.4 is 5.32 Å². The molecule has 16 heavy (non-hydrogen) atoms. The van der Waals surface area contributed by atoms with Gasteiger partial charge in [-0.25, -0.2) is 0 Å². The lowest BCUT2D eigenvalue weighted by Gasteiger charge is -2.12. The highest BCUT2D eigenvalue weighted by molar-refractivity contribution is 4.59. The first-order valence-corrected chi connectivity index (χ1v) is 7.03. The normalized spacial score (nSPS) is 12.9. The van der Waals surface area contributed by atoms with Crippen LogP contribution in [0.3, 0.4) is 0 Å². The van der Waals surface area contributed by atoms with Crippen molar-refractivity contribution >= 4 is 0 Å². The van der Waals surface area contributed by atoms with Gasteiger partial charge in [-0.05, 0) is 26.3 Å². The van der Waals surface area contributed by atoms with Crippen molar-refractivity contribution in [3.05, 3.63) is 0 Å².